The summed E-state index contributed by atoms with van der Waals surface area (Å²) in [6, 6.07) is 5.83. The molecule has 1 aromatic carbocycles. The molecule has 0 radical (unpaired) electrons. The van der Waals surface area contributed by atoms with Crippen LogP contribution in [0.3, 0.4) is 0 Å². The minimum atomic E-state index is 0.529. The highest BCUT2D eigenvalue weighted by Crippen LogP contribution is 2.41. The van der Waals surface area contributed by atoms with Gasteiger partial charge in [-0.3, -0.25) is 0 Å². The predicted molar refractivity (Wildman–Crippen MR) is 106 cm³/mol. The van der Waals surface area contributed by atoms with Gasteiger partial charge >= 0.3 is 0 Å². The summed E-state index contributed by atoms with van der Waals surface area (Å²) in [6.07, 6.45) is 3.87. The molecule has 0 aliphatic carbocycles. The monoisotopic (exact) mass is 368 g/mol. The Labute approximate surface area is 159 Å². The zero-order valence-corrected chi connectivity index (χ0v) is 16.5. The van der Waals surface area contributed by atoms with E-state index >= 15 is 0 Å². The molecule has 6 nitrogen and oxygen atoms in total. The van der Waals surface area contributed by atoms with Crippen LogP contribution in [0, 0.1) is 13.8 Å². The van der Waals surface area contributed by atoms with Crippen molar-refractivity contribution < 1.29 is 18.9 Å². The summed E-state index contributed by atoms with van der Waals surface area (Å²) in [6.45, 7) is 4.09. The van der Waals surface area contributed by atoms with Gasteiger partial charge in [0.25, 0.3) is 0 Å². The number of benzene rings is 1. The number of aliphatic imine (C=N–C) groups is 1. The van der Waals surface area contributed by atoms with Gasteiger partial charge in [-0.05, 0) is 43.7 Å². The van der Waals surface area contributed by atoms with E-state index in [1.807, 2.05) is 31.2 Å². The molecule has 0 saturated heterocycles. The molecule has 0 atom stereocenters. The van der Waals surface area contributed by atoms with E-state index in [2.05, 4.69) is 18.0 Å². The molecule has 2 aromatic rings. The van der Waals surface area contributed by atoms with Crippen molar-refractivity contribution in [3.05, 3.63) is 58.2 Å². The summed E-state index contributed by atoms with van der Waals surface area (Å²) in [4.78, 5) is 8.10. The van der Waals surface area contributed by atoms with Crippen LogP contribution in [0.1, 0.15) is 22.5 Å². The second-order valence-corrected chi connectivity index (χ2v) is 6.17. The number of ether oxygens (including phenoxy) is 4. The molecular weight excluding hydrogens is 344 g/mol. The van der Waals surface area contributed by atoms with Gasteiger partial charge in [0.1, 0.15) is 11.5 Å². The molecule has 142 valence electrons. The van der Waals surface area contributed by atoms with E-state index in [-0.39, 0.29) is 0 Å². The maximum Gasteiger partial charge on any atom is 0.203 e. The summed E-state index contributed by atoms with van der Waals surface area (Å²) >= 11 is 0. The fourth-order valence-electron chi connectivity index (χ4n) is 3.16. The first-order chi connectivity index (χ1) is 13.0. The number of rotatable bonds is 6. The molecule has 0 bridgehead atoms. The Morgan fingerprint density at radius 3 is 2.22 bits per heavy atom. The molecule has 1 aromatic heterocycles. The Morgan fingerprint density at radius 1 is 0.926 bits per heavy atom. The fourth-order valence-corrected chi connectivity index (χ4v) is 3.16. The van der Waals surface area contributed by atoms with Crippen molar-refractivity contribution in [1.29, 1.82) is 0 Å². The molecule has 0 amide bonds. The Balaban J connectivity index is 2.10. The molecule has 0 saturated carbocycles. The number of nitrogens with one attached hydrogen (secondary N) is 1. The Morgan fingerprint density at radius 2 is 1.67 bits per heavy atom. The topological polar surface area (TPSA) is 65.1 Å². The van der Waals surface area contributed by atoms with Crippen molar-refractivity contribution in [3.8, 4) is 17.2 Å². The van der Waals surface area contributed by atoms with Crippen LogP contribution < -0.4 is 14.2 Å². The van der Waals surface area contributed by atoms with Gasteiger partial charge in [0.2, 0.25) is 5.75 Å². The highest BCUT2D eigenvalue weighted by molar-refractivity contribution is 6.14. The summed E-state index contributed by atoms with van der Waals surface area (Å²) < 4.78 is 22.0. The van der Waals surface area contributed by atoms with Crippen molar-refractivity contribution in [2.24, 2.45) is 4.99 Å². The van der Waals surface area contributed by atoms with Crippen molar-refractivity contribution in [3.63, 3.8) is 0 Å². The van der Waals surface area contributed by atoms with Gasteiger partial charge in [0, 0.05) is 23.0 Å². The molecule has 0 spiro atoms. The van der Waals surface area contributed by atoms with E-state index in [0.717, 1.165) is 33.9 Å². The number of hydrogen-bond donors (Lipinski definition) is 1. The van der Waals surface area contributed by atoms with E-state index < -0.39 is 0 Å². The lowest BCUT2D eigenvalue weighted by atomic mass is 10.1. The first-order valence-electron chi connectivity index (χ1n) is 8.54. The molecule has 0 unspecified atom stereocenters. The quantitative estimate of drug-likeness (QED) is 0.836. The first kappa shape index (κ1) is 18.6. The summed E-state index contributed by atoms with van der Waals surface area (Å²) in [5.74, 6) is 2.38. The number of H-pyrrole nitrogens is 1. The number of nitrogens with zero attached hydrogens (tertiary/aromatic N) is 1. The van der Waals surface area contributed by atoms with Gasteiger partial charge < -0.3 is 23.9 Å². The summed E-state index contributed by atoms with van der Waals surface area (Å²) in [5, 5.41) is 0. The number of hydrogen-bond acceptors (Lipinski definition) is 5. The number of methoxy groups -OCH3 is 4. The molecule has 1 aliphatic heterocycles. The second kappa shape index (κ2) is 7.61. The number of aromatic nitrogens is 1. The van der Waals surface area contributed by atoms with Crippen molar-refractivity contribution >= 4 is 11.8 Å². The SMILES string of the molecule is COC1=CC(c2ccc(OC)c(OC)c2OC)=N/C1=C\c1[nH]c(C)cc1C. The number of aromatic amines is 1. The molecule has 1 N–H and O–H groups in total. The summed E-state index contributed by atoms with van der Waals surface area (Å²) in [5.41, 5.74) is 5.54. The lowest BCUT2D eigenvalue weighted by Crippen LogP contribution is -2.03. The van der Waals surface area contributed by atoms with Gasteiger partial charge in [-0.1, -0.05) is 0 Å². The molecule has 6 heteroatoms. The van der Waals surface area contributed by atoms with Crippen molar-refractivity contribution in [1.82, 2.24) is 4.98 Å². The Kier molecular flexibility index (Phi) is 5.26. The highest BCUT2D eigenvalue weighted by atomic mass is 16.5. The predicted octanol–water partition coefficient (Wildman–Crippen LogP) is 4.03. The number of aryl methyl sites for hydroxylation is 2. The standard InChI is InChI=1S/C21H24N2O4/c1-12-9-13(2)22-15(12)10-17-19(25-4)11-16(23-17)14-7-8-18(24-3)21(27-6)20(14)26-5/h7-11,22H,1-6H3/b17-10-. The van der Waals surface area contributed by atoms with E-state index in [0.29, 0.717) is 23.0 Å². The van der Waals surface area contributed by atoms with Crippen LogP contribution in [0.25, 0.3) is 6.08 Å². The first-order valence-corrected chi connectivity index (χ1v) is 8.54. The Bertz CT molecular complexity index is 951. The lowest BCUT2D eigenvalue weighted by molar-refractivity contribution is 0.303. The van der Waals surface area contributed by atoms with Crippen LogP contribution >= 0.6 is 0 Å². The summed E-state index contributed by atoms with van der Waals surface area (Å²) in [7, 11) is 6.41. The van der Waals surface area contributed by atoms with Gasteiger partial charge in [0.05, 0.1) is 34.2 Å². The zero-order valence-electron chi connectivity index (χ0n) is 16.5. The maximum absolute atomic E-state index is 5.59. The van der Waals surface area contributed by atoms with Gasteiger partial charge in [0.15, 0.2) is 11.5 Å². The normalized spacial score (nSPS) is 14.8. The van der Waals surface area contributed by atoms with Crippen LogP contribution in [0.15, 0.2) is 40.7 Å². The van der Waals surface area contributed by atoms with Gasteiger partial charge in [-0.25, -0.2) is 4.99 Å². The molecular formula is C21H24N2O4. The van der Waals surface area contributed by atoms with Gasteiger partial charge in [-0.2, -0.15) is 0 Å². The van der Waals surface area contributed by atoms with Crippen LogP contribution in [-0.4, -0.2) is 39.1 Å². The smallest absolute Gasteiger partial charge is 0.203 e. The molecule has 3 rings (SSSR count). The van der Waals surface area contributed by atoms with E-state index in [9.17, 15) is 0 Å². The third-order valence-corrected chi connectivity index (χ3v) is 4.43. The Hall–Kier alpha value is -3.15. The highest BCUT2D eigenvalue weighted by Gasteiger charge is 2.23. The van der Waals surface area contributed by atoms with E-state index in [4.69, 9.17) is 23.9 Å². The van der Waals surface area contributed by atoms with Crippen molar-refractivity contribution in [2.45, 2.75) is 13.8 Å². The average molecular weight is 368 g/mol. The third kappa shape index (κ3) is 3.43. The second-order valence-electron chi connectivity index (χ2n) is 6.17. The van der Waals surface area contributed by atoms with Crippen LogP contribution in [-0.2, 0) is 4.74 Å². The lowest BCUT2D eigenvalue weighted by Gasteiger charge is -2.15. The largest absolute Gasteiger partial charge is 0.494 e. The van der Waals surface area contributed by atoms with Crippen LogP contribution in [0.2, 0.25) is 0 Å². The van der Waals surface area contributed by atoms with Gasteiger partial charge in [-0.15, -0.1) is 0 Å². The zero-order chi connectivity index (χ0) is 19.6. The molecule has 2 heterocycles. The number of allylic oxidation sites excluding steroid dienone is 1. The van der Waals surface area contributed by atoms with Crippen molar-refractivity contribution in [2.75, 3.05) is 28.4 Å². The third-order valence-electron chi connectivity index (χ3n) is 4.43. The maximum atomic E-state index is 5.59. The molecule has 1 aliphatic rings. The molecule has 27 heavy (non-hydrogen) atoms. The minimum Gasteiger partial charge on any atom is -0.494 e. The minimum absolute atomic E-state index is 0.529. The van der Waals surface area contributed by atoms with Crippen LogP contribution in [0.5, 0.6) is 17.2 Å². The fraction of sp³-hybridized carbons (Fsp3) is 0.286. The molecule has 0 fully saturated rings. The van der Waals surface area contributed by atoms with E-state index in [1.165, 1.54) is 0 Å². The average Bonchev–Trinajstić information content (AvgIpc) is 3.22. The van der Waals surface area contributed by atoms with E-state index in [1.54, 1.807) is 28.4 Å². The van der Waals surface area contributed by atoms with Crippen LogP contribution in [0.4, 0.5) is 0 Å².